The van der Waals surface area contributed by atoms with Crippen LogP contribution in [0.5, 0.6) is 0 Å². The van der Waals surface area contributed by atoms with Gasteiger partial charge in [0.1, 0.15) is 0 Å². The first-order valence-electron chi connectivity index (χ1n) is 5.30. The van der Waals surface area contributed by atoms with Crippen molar-refractivity contribution in [1.29, 1.82) is 0 Å². The normalized spacial score (nSPS) is 12.7. The fourth-order valence-corrected chi connectivity index (χ4v) is 2.55. The number of rotatable bonds is 6. The van der Waals surface area contributed by atoms with Gasteiger partial charge in [-0.3, -0.25) is 9.78 Å². The number of nitrogens with zero attached hydrogens (tertiary/aromatic N) is 1. The maximum Gasteiger partial charge on any atom is 0.266 e. The lowest BCUT2D eigenvalue weighted by Crippen LogP contribution is -2.38. The molecule has 1 amide bonds. The third-order valence-corrected chi connectivity index (χ3v) is 3.97. The van der Waals surface area contributed by atoms with E-state index in [1.165, 1.54) is 24.5 Å². The molecule has 0 fully saturated rings. The van der Waals surface area contributed by atoms with E-state index in [4.69, 9.17) is 5.73 Å². The predicted molar refractivity (Wildman–Crippen MR) is 68.3 cm³/mol. The van der Waals surface area contributed by atoms with Gasteiger partial charge in [-0.2, -0.15) is 0 Å². The maximum absolute atomic E-state index is 11.9. The summed E-state index contributed by atoms with van der Waals surface area (Å²) in [6.07, 6.45) is 4.24. The number of carbonyl (C=O) groups is 1. The Morgan fingerprint density at radius 2 is 2.33 bits per heavy atom. The van der Waals surface area contributed by atoms with Gasteiger partial charge in [0.2, 0.25) is 10.0 Å². The Labute approximate surface area is 106 Å². The molecule has 0 aromatic carbocycles. The lowest BCUT2D eigenvalue weighted by atomic mass is 10.3. The molecular formula is C11H15N3O3S. The van der Waals surface area contributed by atoms with E-state index < -0.39 is 21.2 Å². The number of aromatic nitrogens is 1. The van der Waals surface area contributed by atoms with E-state index in [1.54, 1.807) is 6.07 Å². The van der Waals surface area contributed by atoms with Crippen molar-refractivity contribution in [2.75, 3.05) is 6.54 Å². The van der Waals surface area contributed by atoms with Crippen molar-refractivity contribution < 1.29 is 13.2 Å². The highest BCUT2D eigenvalue weighted by Gasteiger charge is 2.24. The van der Waals surface area contributed by atoms with Crippen molar-refractivity contribution in [1.82, 2.24) is 9.71 Å². The zero-order chi connectivity index (χ0) is 13.6. The summed E-state index contributed by atoms with van der Waals surface area (Å²) in [7, 11) is -3.81. The average Bonchev–Trinajstić information content (AvgIpc) is 2.36. The standard InChI is InChI=1S/C11H15N3O3S/c1-2-10(5-6-12)18(16,17)14-11(15)9-4-3-7-13-8-9/h2-4,7-8,10H,1,5-6,12H2,(H,14,15). The molecule has 1 unspecified atom stereocenters. The van der Waals surface area contributed by atoms with Gasteiger partial charge in [-0.25, -0.2) is 13.1 Å². The van der Waals surface area contributed by atoms with Gasteiger partial charge in [-0.05, 0) is 25.1 Å². The Bertz CT molecular complexity index is 514. The number of amides is 1. The number of hydrogen-bond acceptors (Lipinski definition) is 5. The van der Waals surface area contributed by atoms with Crippen molar-refractivity contribution in [2.45, 2.75) is 11.7 Å². The molecule has 0 radical (unpaired) electrons. The summed E-state index contributed by atoms with van der Waals surface area (Å²) in [5, 5.41) is -0.886. The second-order valence-electron chi connectivity index (χ2n) is 3.57. The van der Waals surface area contributed by atoms with Gasteiger partial charge < -0.3 is 5.73 Å². The first-order valence-corrected chi connectivity index (χ1v) is 6.84. The Hall–Kier alpha value is -1.73. The van der Waals surface area contributed by atoms with Gasteiger partial charge in [-0.1, -0.05) is 6.08 Å². The quantitative estimate of drug-likeness (QED) is 0.710. The van der Waals surface area contributed by atoms with Gasteiger partial charge in [0.05, 0.1) is 10.8 Å². The molecule has 6 nitrogen and oxygen atoms in total. The van der Waals surface area contributed by atoms with Crippen LogP contribution in [0.15, 0.2) is 37.2 Å². The Morgan fingerprint density at radius 3 is 2.83 bits per heavy atom. The molecule has 0 saturated carbocycles. The molecular weight excluding hydrogens is 254 g/mol. The fraction of sp³-hybridized carbons (Fsp3) is 0.273. The predicted octanol–water partition coefficient (Wildman–Crippen LogP) is 0.0446. The molecule has 0 spiro atoms. The van der Waals surface area contributed by atoms with Crippen LogP contribution >= 0.6 is 0 Å². The van der Waals surface area contributed by atoms with Crippen molar-refractivity contribution in [3.63, 3.8) is 0 Å². The molecule has 98 valence electrons. The Balaban J connectivity index is 2.83. The monoisotopic (exact) mass is 269 g/mol. The molecule has 18 heavy (non-hydrogen) atoms. The first-order chi connectivity index (χ1) is 8.51. The highest BCUT2D eigenvalue weighted by Crippen LogP contribution is 2.06. The summed E-state index contributed by atoms with van der Waals surface area (Å²) in [5.41, 5.74) is 5.49. The van der Waals surface area contributed by atoms with Crippen molar-refractivity contribution in [2.24, 2.45) is 5.73 Å². The largest absolute Gasteiger partial charge is 0.330 e. The van der Waals surface area contributed by atoms with E-state index in [9.17, 15) is 13.2 Å². The molecule has 0 saturated heterocycles. The van der Waals surface area contributed by atoms with Crippen molar-refractivity contribution in [3.05, 3.63) is 42.7 Å². The van der Waals surface area contributed by atoms with Crippen molar-refractivity contribution >= 4 is 15.9 Å². The highest BCUT2D eigenvalue weighted by atomic mass is 32.2. The van der Waals surface area contributed by atoms with Gasteiger partial charge in [0, 0.05) is 12.4 Å². The molecule has 0 aliphatic rings. The lowest BCUT2D eigenvalue weighted by Gasteiger charge is -2.13. The number of pyridine rings is 1. The van der Waals surface area contributed by atoms with Crippen molar-refractivity contribution in [3.8, 4) is 0 Å². The molecule has 0 bridgehead atoms. The Morgan fingerprint density at radius 1 is 1.61 bits per heavy atom. The Kier molecular flexibility index (Phi) is 4.99. The van der Waals surface area contributed by atoms with Gasteiger partial charge in [0.25, 0.3) is 5.91 Å². The van der Waals surface area contributed by atoms with E-state index in [0.717, 1.165) is 0 Å². The van der Waals surface area contributed by atoms with Crippen LogP contribution in [0.1, 0.15) is 16.8 Å². The number of nitrogens with one attached hydrogen (secondary N) is 1. The molecule has 1 rings (SSSR count). The molecule has 1 aromatic rings. The van der Waals surface area contributed by atoms with Crippen LogP contribution in [-0.4, -0.2) is 31.1 Å². The maximum atomic E-state index is 11.9. The van der Waals surface area contributed by atoms with Crippen LogP contribution in [0.4, 0.5) is 0 Å². The van der Waals surface area contributed by atoms with Crippen LogP contribution in [0, 0.1) is 0 Å². The van der Waals surface area contributed by atoms with E-state index in [0.29, 0.717) is 0 Å². The van der Waals surface area contributed by atoms with Crippen LogP contribution in [0.25, 0.3) is 0 Å². The molecule has 0 aliphatic heterocycles. The summed E-state index contributed by atoms with van der Waals surface area (Å²) in [6, 6.07) is 3.02. The molecule has 1 atom stereocenters. The van der Waals surface area contributed by atoms with Crippen LogP contribution < -0.4 is 10.5 Å². The van der Waals surface area contributed by atoms with Crippen LogP contribution in [0.2, 0.25) is 0 Å². The third kappa shape index (κ3) is 3.64. The summed E-state index contributed by atoms with van der Waals surface area (Å²) in [4.78, 5) is 15.4. The lowest BCUT2D eigenvalue weighted by molar-refractivity contribution is 0.0981. The summed E-state index contributed by atoms with van der Waals surface area (Å²) in [5.74, 6) is -0.716. The molecule has 0 aliphatic carbocycles. The number of sulfonamides is 1. The topological polar surface area (TPSA) is 102 Å². The van der Waals surface area contributed by atoms with E-state index in [1.807, 2.05) is 4.72 Å². The van der Waals surface area contributed by atoms with E-state index >= 15 is 0 Å². The minimum Gasteiger partial charge on any atom is -0.330 e. The van der Waals surface area contributed by atoms with Crippen LogP contribution in [-0.2, 0) is 10.0 Å². The highest BCUT2D eigenvalue weighted by molar-refractivity contribution is 7.90. The molecule has 7 heteroatoms. The van der Waals surface area contributed by atoms with Gasteiger partial charge in [-0.15, -0.1) is 6.58 Å². The van der Waals surface area contributed by atoms with E-state index in [2.05, 4.69) is 11.6 Å². The first kappa shape index (κ1) is 14.3. The minimum absolute atomic E-state index is 0.177. The van der Waals surface area contributed by atoms with Gasteiger partial charge >= 0.3 is 0 Å². The molecule has 1 aromatic heterocycles. The summed E-state index contributed by atoms with van der Waals surface area (Å²) in [6.45, 7) is 3.62. The molecule has 3 N–H and O–H groups in total. The molecule has 1 heterocycles. The number of hydrogen-bond donors (Lipinski definition) is 2. The van der Waals surface area contributed by atoms with Crippen LogP contribution in [0.3, 0.4) is 0 Å². The average molecular weight is 269 g/mol. The smallest absolute Gasteiger partial charge is 0.266 e. The van der Waals surface area contributed by atoms with E-state index in [-0.39, 0.29) is 18.5 Å². The van der Waals surface area contributed by atoms with Gasteiger partial charge in [0.15, 0.2) is 0 Å². The summed E-state index contributed by atoms with van der Waals surface area (Å²) < 4.78 is 25.7. The second-order valence-corrected chi connectivity index (χ2v) is 5.47. The number of carbonyl (C=O) groups excluding carboxylic acids is 1. The fourth-order valence-electron chi connectivity index (χ4n) is 1.32. The minimum atomic E-state index is -3.81. The SMILES string of the molecule is C=CC(CCN)S(=O)(=O)NC(=O)c1cccnc1. The third-order valence-electron chi connectivity index (χ3n) is 2.27. The second kappa shape index (κ2) is 6.27. The number of nitrogens with two attached hydrogens (primary N) is 1. The zero-order valence-electron chi connectivity index (χ0n) is 9.74. The zero-order valence-corrected chi connectivity index (χ0v) is 10.6. The summed E-state index contributed by atoms with van der Waals surface area (Å²) >= 11 is 0.